The fourth-order valence-corrected chi connectivity index (χ4v) is 1.39. The molecule has 0 aliphatic rings. The monoisotopic (exact) mass is 246 g/mol. The van der Waals surface area contributed by atoms with Crippen LogP contribution in [0.3, 0.4) is 0 Å². The second-order valence-corrected chi connectivity index (χ2v) is 4.00. The average molecular weight is 246 g/mol. The van der Waals surface area contributed by atoms with Gasteiger partial charge in [-0.1, -0.05) is 29.7 Å². The van der Waals surface area contributed by atoms with Gasteiger partial charge in [-0.15, -0.1) is 0 Å². The molecule has 5 heteroatoms. The van der Waals surface area contributed by atoms with E-state index in [2.05, 4.69) is 9.36 Å². The van der Waals surface area contributed by atoms with Crippen LogP contribution in [0.15, 0.2) is 48.1 Å². The molecule has 0 aliphatic heterocycles. The highest BCUT2D eigenvalue weighted by atomic mass is 32.1. The molecule has 2 N–H and O–H groups in total. The summed E-state index contributed by atoms with van der Waals surface area (Å²) in [7, 11) is 0. The number of benzene rings is 1. The summed E-state index contributed by atoms with van der Waals surface area (Å²) in [6.45, 7) is 0. The van der Waals surface area contributed by atoms with Crippen molar-refractivity contribution in [2.75, 3.05) is 0 Å². The summed E-state index contributed by atoms with van der Waals surface area (Å²) in [4.78, 5) is 14.6. The minimum atomic E-state index is -0.946. The van der Waals surface area contributed by atoms with Gasteiger partial charge in [-0.2, -0.15) is 0 Å². The van der Waals surface area contributed by atoms with Gasteiger partial charge in [0.15, 0.2) is 0 Å². The van der Waals surface area contributed by atoms with Gasteiger partial charge in [-0.05, 0) is 12.1 Å². The zero-order valence-corrected chi connectivity index (χ0v) is 9.65. The van der Waals surface area contributed by atoms with Crippen LogP contribution in [-0.2, 0) is 0 Å². The molecule has 0 saturated heterocycles. The highest BCUT2D eigenvalue weighted by molar-refractivity contribution is 7.04. The van der Waals surface area contributed by atoms with E-state index in [-0.39, 0.29) is 5.56 Å². The molecule has 0 unspecified atom stereocenters. The van der Waals surface area contributed by atoms with E-state index < -0.39 is 5.97 Å². The van der Waals surface area contributed by atoms with Crippen molar-refractivity contribution in [1.82, 2.24) is 9.36 Å². The Bertz CT molecular complexity index is 594. The first kappa shape index (κ1) is 11.3. The second-order valence-electron chi connectivity index (χ2n) is 3.26. The Morgan fingerprint density at radius 2 is 2.00 bits per heavy atom. The van der Waals surface area contributed by atoms with Crippen LogP contribution in [0, 0.1) is 0 Å². The Labute approximate surface area is 102 Å². The van der Waals surface area contributed by atoms with Crippen molar-refractivity contribution in [1.29, 1.82) is 0 Å². The van der Waals surface area contributed by atoms with E-state index >= 15 is 0 Å². The lowest BCUT2D eigenvalue weighted by molar-refractivity contribution is 0.0696. The van der Waals surface area contributed by atoms with E-state index in [0.717, 1.165) is 10.9 Å². The minimum Gasteiger partial charge on any atom is -0.478 e. The first-order valence-electron chi connectivity index (χ1n) is 4.91. The van der Waals surface area contributed by atoms with Gasteiger partial charge >= 0.3 is 5.97 Å². The van der Waals surface area contributed by atoms with Crippen molar-refractivity contribution in [2.45, 2.75) is 0 Å². The Kier molecular flexibility index (Phi) is 3.52. The Morgan fingerprint density at radius 3 is 2.59 bits per heavy atom. The molecule has 0 amide bonds. The Morgan fingerprint density at radius 1 is 1.35 bits per heavy atom. The van der Waals surface area contributed by atoms with E-state index in [0.29, 0.717) is 0 Å². The molecule has 0 fully saturated rings. The molecule has 17 heavy (non-hydrogen) atoms. The van der Waals surface area contributed by atoms with Crippen molar-refractivity contribution in [2.24, 2.45) is 0 Å². The van der Waals surface area contributed by atoms with Gasteiger partial charge < -0.3 is 9.48 Å². The number of para-hydroxylation sites is 1. The molecule has 0 atom stereocenters. The normalized spacial score (nSPS) is 9.65. The fourth-order valence-electron chi connectivity index (χ4n) is 1.26. The van der Waals surface area contributed by atoms with Crippen LogP contribution in [0.4, 0.5) is 0 Å². The van der Waals surface area contributed by atoms with Gasteiger partial charge in [0.05, 0.1) is 11.1 Å². The topological polar surface area (TPSA) is 66.0 Å². The first-order chi connectivity index (χ1) is 8.27. The van der Waals surface area contributed by atoms with Crippen molar-refractivity contribution in [3.05, 3.63) is 53.7 Å². The summed E-state index contributed by atoms with van der Waals surface area (Å²) >= 11 is 1.61. The maximum Gasteiger partial charge on any atom is 0.337 e. The van der Waals surface area contributed by atoms with Crippen molar-refractivity contribution in [3.8, 4) is 0 Å². The lowest BCUT2D eigenvalue weighted by atomic mass is 10.2. The molecular formula is C12H10N2O2S. The number of nitrogens with zero attached hydrogens (tertiary/aromatic N) is 1. The standard InChI is InChI=1S/C10H7NO2.C2H3NS/c12-10(13)8-5-7-3-1-2-4-9(7)11-6-8;1-2-4-3-1/h1-6H,(H,12,13);1-3H. The summed E-state index contributed by atoms with van der Waals surface area (Å²) in [5.74, 6) is -0.946. The number of aromatic amines is 1. The quantitative estimate of drug-likeness (QED) is 0.693. The van der Waals surface area contributed by atoms with Gasteiger partial charge in [0, 0.05) is 23.2 Å². The number of carbonyl (C=O) groups is 1. The molecule has 2 heterocycles. The second kappa shape index (κ2) is 5.27. The fraction of sp³-hybridized carbons (Fsp3) is 0. The molecule has 86 valence electrons. The van der Waals surface area contributed by atoms with Crippen LogP contribution in [0.5, 0.6) is 0 Å². The average Bonchev–Trinajstić information content (AvgIpc) is 2.26. The van der Waals surface area contributed by atoms with E-state index in [1.54, 1.807) is 17.6 Å². The molecule has 0 radical (unpaired) electrons. The summed E-state index contributed by atoms with van der Waals surface area (Å²) in [6.07, 6.45) is 3.26. The number of fused-ring (bicyclic) bond motifs is 1. The number of pyridine rings is 1. The molecule has 2 aromatic heterocycles. The first-order valence-corrected chi connectivity index (χ1v) is 5.79. The highest BCUT2D eigenvalue weighted by Crippen LogP contribution is 2.12. The molecule has 0 spiro atoms. The van der Waals surface area contributed by atoms with E-state index in [1.807, 2.05) is 35.8 Å². The number of carboxylic acid groups (broad SMARTS) is 1. The maximum absolute atomic E-state index is 10.6. The lowest BCUT2D eigenvalue weighted by Gasteiger charge is -1.97. The van der Waals surface area contributed by atoms with Crippen molar-refractivity contribution in [3.63, 3.8) is 0 Å². The molecule has 0 bridgehead atoms. The maximum atomic E-state index is 10.6. The molecule has 3 aromatic rings. The van der Waals surface area contributed by atoms with Crippen LogP contribution in [0.2, 0.25) is 0 Å². The van der Waals surface area contributed by atoms with Gasteiger partial charge in [0.2, 0.25) is 0 Å². The van der Waals surface area contributed by atoms with Crippen LogP contribution in [-0.4, -0.2) is 20.4 Å². The summed E-state index contributed by atoms with van der Waals surface area (Å²) in [6, 6.07) is 9.03. The number of H-pyrrole nitrogens is 1. The van der Waals surface area contributed by atoms with Gasteiger partial charge in [0.25, 0.3) is 0 Å². The number of carboxylic acids is 1. The third-order valence-corrected chi connectivity index (χ3v) is 2.65. The third-order valence-electron chi connectivity index (χ3n) is 2.11. The number of nitrogens with one attached hydrogen (secondary N) is 1. The summed E-state index contributed by atoms with van der Waals surface area (Å²) in [5.41, 5.74) is 1.03. The number of rotatable bonds is 1. The van der Waals surface area contributed by atoms with E-state index in [9.17, 15) is 4.79 Å². The number of hydrogen-bond donors (Lipinski definition) is 2. The molecule has 3 rings (SSSR count). The SMILES string of the molecule is O=C(O)c1cnc2ccccc2c1.c1cs[nH]1. The van der Waals surface area contributed by atoms with Gasteiger partial charge in [0.1, 0.15) is 0 Å². The molecule has 0 aliphatic carbocycles. The predicted octanol–water partition coefficient (Wildman–Crippen LogP) is 3.01. The third kappa shape index (κ3) is 2.92. The lowest BCUT2D eigenvalue weighted by Crippen LogP contribution is -1.96. The number of aromatic carboxylic acids is 1. The molecule has 0 saturated carbocycles. The zero-order valence-electron chi connectivity index (χ0n) is 8.83. The van der Waals surface area contributed by atoms with E-state index in [1.165, 1.54) is 6.20 Å². The summed E-state index contributed by atoms with van der Waals surface area (Å²) < 4.78 is 2.85. The van der Waals surface area contributed by atoms with Gasteiger partial charge in [-0.25, -0.2) is 4.79 Å². The van der Waals surface area contributed by atoms with Crippen LogP contribution < -0.4 is 0 Å². The van der Waals surface area contributed by atoms with Crippen LogP contribution in [0.25, 0.3) is 10.9 Å². The molecule has 4 nitrogen and oxygen atoms in total. The zero-order chi connectivity index (χ0) is 12.1. The number of aromatic nitrogens is 2. The van der Waals surface area contributed by atoms with Crippen LogP contribution in [0.1, 0.15) is 10.4 Å². The molecule has 1 aromatic carbocycles. The van der Waals surface area contributed by atoms with Crippen molar-refractivity contribution >= 4 is 28.4 Å². The Balaban J connectivity index is 0.000000228. The Hall–Kier alpha value is -2.14. The smallest absolute Gasteiger partial charge is 0.337 e. The molecular weight excluding hydrogens is 236 g/mol. The minimum absolute atomic E-state index is 0.221. The predicted molar refractivity (Wildman–Crippen MR) is 67.4 cm³/mol. The summed E-state index contributed by atoms with van der Waals surface area (Å²) in [5, 5.41) is 11.5. The van der Waals surface area contributed by atoms with Gasteiger partial charge in [-0.3, -0.25) is 4.98 Å². The largest absolute Gasteiger partial charge is 0.478 e. The van der Waals surface area contributed by atoms with E-state index in [4.69, 9.17) is 5.11 Å². The van der Waals surface area contributed by atoms with Crippen molar-refractivity contribution < 1.29 is 9.90 Å². The highest BCUT2D eigenvalue weighted by Gasteiger charge is 2.03. The van der Waals surface area contributed by atoms with Crippen LogP contribution >= 0.6 is 11.5 Å². The number of hydrogen-bond acceptors (Lipinski definition) is 3.